The molecule has 1 heterocycles. The number of nitrogens with two attached hydrogens (primary N) is 1. The minimum absolute atomic E-state index is 0. The molecule has 0 aliphatic carbocycles. The number of ether oxygens (including phenoxy) is 1. The molecule has 3 N–H and O–H groups in total. The zero-order valence-electron chi connectivity index (χ0n) is 15.2. The van der Waals surface area contributed by atoms with E-state index in [0.29, 0.717) is 12.1 Å². The van der Waals surface area contributed by atoms with Crippen LogP contribution in [-0.4, -0.2) is 43.7 Å². The predicted octanol–water partition coefficient (Wildman–Crippen LogP) is 3.17. The van der Waals surface area contributed by atoms with Crippen LogP contribution in [-0.2, 0) is 22.4 Å². The molecule has 1 aliphatic rings. The SMILES string of the molecule is Cl.Cl.Nc1ccc(CC(=O)Nc2ccc(CCN3CCOCC3)cc2)cc1. The van der Waals surface area contributed by atoms with Crippen LogP contribution in [0.5, 0.6) is 0 Å². The summed E-state index contributed by atoms with van der Waals surface area (Å²) in [7, 11) is 0. The van der Waals surface area contributed by atoms with Gasteiger partial charge in [0.15, 0.2) is 0 Å². The van der Waals surface area contributed by atoms with Crippen molar-refractivity contribution in [3.63, 3.8) is 0 Å². The maximum atomic E-state index is 12.1. The number of morpholine rings is 1. The summed E-state index contributed by atoms with van der Waals surface area (Å²) in [6, 6.07) is 15.5. The number of hydrogen-bond donors (Lipinski definition) is 2. The lowest BCUT2D eigenvalue weighted by Crippen LogP contribution is -2.37. The normalized spacial score (nSPS) is 13.9. The van der Waals surface area contributed by atoms with E-state index in [1.807, 2.05) is 36.4 Å². The molecule has 1 fully saturated rings. The van der Waals surface area contributed by atoms with Crippen LogP contribution in [0.2, 0.25) is 0 Å². The van der Waals surface area contributed by atoms with Gasteiger partial charge in [-0.05, 0) is 41.8 Å². The fourth-order valence-electron chi connectivity index (χ4n) is 2.89. The van der Waals surface area contributed by atoms with Gasteiger partial charge in [0, 0.05) is 31.0 Å². The van der Waals surface area contributed by atoms with Gasteiger partial charge in [0.05, 0.1) is 19.6 Å². The molecule has 5 nitrogen and oxygen atoms in total. The fourth-order valence-corrected chi connectivity index (χ4v) is 2.89. The second-order valence-corrected chi connectivity index (χ2v) is 6.37. The van der Waals surface area contributed by atoms with Crippen LogP contribution in [0.3, 0.4) is 0 Å². The van der Waals surface area contributed by atoms with Crippen molar-refractivity contribution in [2.45, 2.75) is 12.8 Å². The van der Waals surface area contributed by atoms with Gasteiger partial charge < -0.3 is 15.8 Å². The van der Waals surface area contributed by atoms with Crippen molar-refractivity contribution in [3.05, 3.63) is 59.7 Å². The van der Waals surface area contributed by atoms with Crippen molar-refractivity contribution >= 4 is 42.1 Å². The number of nitrogens with zero attached hydrogens (tertiary/aromatic N) is 1. The van der Waals surface area contributed by atoms with Crippen LogP contribution in [0.25, 0.3) is 0 Å². The molecule has 0 spiro atoms. The highest BCUT2D eigenvalue weighted by Gasteiger charge is 2.10. The highest BCUT2D eigenvalue weighted by Crippen LogP contribution is 2.12. The lowest BCUT2D eigenvalue weighted by atomic mass is 10.1. The smallest absolute Gasteiger partial charge is 0.228 e. The van der Waals surface area contributed by atoms with E-state index in [1.165, 1.54) is 5.56 Å². The third-order valence-electron chi connectivity index (χ3n) is 4.40. The topological polar surface area (TPSA) is 67.6 Å². The van der Waals surface area contributed by atoms with E-state index in [-0.39, 0.29) is 30.7 Å². The van der Waals surface area contributed by atoms with Gasteiger partial charge in [-0.1, -0.05) is 24.3 Å². The molecule has 0 radical (unpaired) electrons. The molecule has 0 bridgehead atoms. The largest absolute Gasteiger partial charge is 0.399 e. The Morgan fingerprint density at radius 1 is 0.963 bits per heavy atom. The van der Waals surface area contributed by atoms with Crippen LogP contribution in [0.4, 0.5) is 11.4 Å². The zero-order chi connectivity index (χ0) is 17.5. The van der Waals surface area contributed by atoms with Crippen molar-refractivity contribution in [2.24, 2.45) is 0 Å². The molecule has 2 aromatic carbocycles. The van der Waals surface area contributed by atoms with Crippen molar-refractivity contribution in [3.8, 4) is 0 Å². The third-order valence-corrected chi connectivity index (χ3v) is 4.40. The van der Waals surface area contributed by atoms with Crippen LogP contribution in [0.1, 0.15) is 11.1 Å². The molecule has 0 aromatic heterocycles. The maximum absolute atomic E-state index is 12.1. The third kappa shape index (κ3) is 7.77. The van der Waals surface area contributed by atoms with E-state index in [0.717, 1.165) is 50.5 Å². The van der Waals surface area contributed by atoms with Gasteiger partial charge in [0.25, 0.3) is 0 Å². The number of nitrogen functional groups attached to an aromatic ring is 1. The summed E-state index contributed by atoms with van der Waals surface area (Å²) in [6.45, 7) is 4.74. The van der Waals surface area contributed by atoms with Gasteiger partial charge in [-0.25, -0.2) is 0 Å². The van der Waals surface area contributed by atoms with Gasteiger partial charge in [-0.2, -0.15) is 0 Å². The minimum atomic E-state index is -0.0224. The first kappa shape index (κ1) is 23.2. The molecule has 1 saturated heterocycles. The molecule has 1 aliphatic heterocycles. The molecule has 0 saturated carbocycles. The van der Waals surface area contributed by atoms with Crippen molar-refractivity contribution in [1.82, 2.24) is 4.90 Å². The Hall–Kier alpha value is -1.79. The molecule has 0 unspecified atom stereocenters. The summed E-state index contributed by atoms with van der Waals surface area (Å²) in [5, 5.41) is 2.94. The highest BCUT2D eigenvalue weighted by molar-refractivity contribution is 5.92. The summed E-state index contributed by atoms with van der Waals surface area (Å²) in [5.74, 6) is -0.0224. The number of carbonyl (C=O) groups is 1. The monoisotopic (exact) mass is 411 g/mol. The minimum Gasteiger partial charge on any atom is -0.399 e. The lowest BCUT2D eigenvalue weighted by Gasteiger charge is -2.26. The quantitative estimate of drug-likeness (QED) is 0.716. The van der Waals surface area contributed by atoms with E-state index in [2.05, 4.69) is 22.3 Å². The standard InChI is InChI=1S/C20H25N3O2.2ClH/c21-18-5-1-17(2-6-18)15-20(24)22-19-7-3-16(4-8-19)9-10-23-11-13-25-14-12-23;;/h1-8H,9-15,21H2,(H,22,24);2*1H. The van der Waals surface area contributed by atoms with E-state index < -0.39 is 0 Å². The Morgan fingerprint density at radius 2 is 1.56 bits per heavy atom. The Morgan fingerprint density at radius 3 is 2.19 bits per heavy atom. The van der Waals surface area contributed by atoms with E-state index in [4.69, 9.17) is 10.5 Å². The number of hydrogen-bond acceptors (Lipinski definition) is 4. The van der Waals surface area contributed by atoms with Gasteiger partial charge >= 0.3 is 0 Å². The molecule has 148 valence electrons. The predicted molar refractivity (Wildman–Crippen MR) is 115 cm³/mol. The van der Waals surface area contributed by atoms with E-state index in [1.54, 1.807) is 0 Å². The number of benzene rings is 2. The van der Waals surface area contributed by atoms with E-state index >= 15 is 0 Å². The number of nitrogens with one attached hydrogen (secondary N) is 1. The second kappa shape index (κ2) is 11.8. The van der Waals surface area contributed by atoms with Crippen LogP contribution in [0, 0.1) is 0 Å². The number of amides is 1. The zero-order valence-corrected chi connectivity index (χ0v) is 16.9. The van der Waals surface area contributed by atoms with Gasteiger partial charge in [0.2, 0.25) is 5.91 Å². The molecule has 3 rings (SSSR count). The number of halogens is 2. The fraction of sp³-hybridized carbons (Fsp3) is 0.350. The summed E-state index contributed by atoms with van der Waals surface area (Å²) in [5.41, 5.74) is 9.43. The Kier molecular flexibility index (Phi) is 10.2. The molecule has 2 aromatic rings. The average Bonchev–Trinajstić information content (AvgIpc) is 2.64. The van der Waals surface area contributed by atoms with Crippen molar-refractivity contribution in [1.29, 1.82) is 0 Å². The molecular formula is C20H27Cl2N3O2. The molecule has 27 heavy (non-hydrogen) atoms. The van der Waals surface area contributed by atoms with Crippen molar-refractivity contribution in [2.75, 3.05) is 43.9 Å². The molecular weight excluding hydrogens is 385 g/mol. The Bertz CT molecular complexity index is 687. The van der Waals surface area contributed by atoms with Crippen molar-refractivity contribution < 1.29 is 9.53 Å². The second-order valence-electron chi connectivity index (χ2n) is 6.37. The average molecular weight is 412 g/mol. The van der Waals surface area contributed by atoms with Gasteiger partial charge in [-0.15, -0.1) is 24.8 Å². The maximum Gasteiger partial charge on any atom is 0.228 e. The van der Waals surface area contributed by atoms with Crippen LogP contribution < -0.4 is 11.1 Å². The van der Waals surface area contributed by atoms with Crippen LogP contribution in [0.15, 0.2) is 48.5 Å². The van der Waals surface area contributed by atoms with Crippen LogP contribution >= 0.6 is 24.8 Å². The first-order valence-corrected chi connectivity index (χ1v) is 8.72. The number of anilines is 2. The summed E-state index contributed by atoms with van der Waals surface area (Å²) in [6.07, 6.45) is 1.36. The van der Waals surface area contributed by atoms with E-state index in [9.17, 15) is 4.79 Å². The Labute approximate surface area is 173 Å². The first-order chi connectivity index (χ1) is 12.2. The molecule has 1 amide bonds. The highest BCUT2D eigenvalue weighted by atomic mass is 35.5. The van der Waals surface area contributed by atoms with Gasteiger partial charge in [-0.3, -0.25) is 9.69 Å². The Balaban J connectivity index is 0.00000182. The number of rotatable bonds is 6. The number of carbonyl (C=O) groups excluding carboxylic acids is 1. The molecule has 7 heteroatoms. The summed E-state index contributed by atoms with van der Waals surface area (Å²) < 4.78 is 5.36. The summed E-state index contributed by atoms with van der Waals surface area (Å²) in [4.78, 5) is 14.5. The lowest BCUT2D eigenvalue weighted by molar-refractivity contribution is -0.115. The van der Waals surface area contributed by atoms with Gasteiger partial charge in [0.1, 0.15) is 0 Å². The molecule has 0 atom stereocenters. The summed E-state index contributed by atoms with van der Waals surface area (Å²) >= 11 is 0. The first-order valence-electron chi connectivity index (χ1n) is 8.72.